The fourth-order valence-corrected chi connectivity index (χ4v) is 1.85. The summed E-state index contributed by atoms with van der Waals surface area (Å²) >= 11 is 0. The maximum atomic E-state index is 12.9. The van der Waals surface area contributed by atoms with E-state index in [-0.39, 0.29) is 16.9 Å². The molecule has 1 heterocycles. The first-order valence-electron chi connectivity index (χ1n) is 5.68. The molecule has 94 valence electrons. The van der Waals surface area contributed by atoms with Crippen molar-refractivity contribution in [1.29, 1.82) is 5.26 Å². The summed E-state index contributed by atoms with van der Waals surface area (Å²) in [5.41, 5.74) is 1.05. The van der Waals surface area contributed by atoms with Gasteiger partial charge in [-0.05, 0) is 42.0 Å². The second-order valence-electron chi connectivity index (χ2n) is 3.96. The third-order valence-electron chi connectivity index (χ3n) is 2.75. The first-order valence-corrected chi connectivity index (χ1v) is 5.68. The lowest BCUT2D eigenvalue weighted by molar-refractivity contribution is 0.628. The van der Waals surface area contributed by atoms with Gasteiger partial charge in [-0.1, -0.05) is 6.08 Å². The minimum Gasteiger partial charge on any atom is -0.303 e. The lowest BCUT2D eigenvalue weighted by Gasteiger charge is -2.11. The van der Waals surface area contributed by atoms with E-state index in [4.69, 9.17) is 5.26 Å². The van der Waals surface area contributed by atoms with Gasteiger partial charge in [0, 0.05) is 6.54 Å². The fourth-order valence-electron chi connectivity index (χ4n) is 1.85. The summed E-state index contributed by atoms with van der Waals surface area (Å²) in [6.07, 6.45) is 1.58. The molecule has 0 aliphatic heterocycles. The highest BCUT2D eigenvalue weighted by Crippen LogP contribution is 2.18. The van der Waals surface area contributed by atoms with Crippen LogP contribution in [0.2, 0.25) is 0 Å². The molecule has 0 unspecified atom stereocenters. The summed E-state index contributed by atoms with van der Waals surface area (Å²) < 4.78 is 14.4. The predicted molar refractivity (Wildman–Crippen MR) is 71.0 cm³/mol. The lowest BCUT2D eigenvalue weighted by Crippen LogP contribution is -2.23. The smallest absolute Gasteiger partial charge is 0.269 e. The molecule has 0 fully saturated rings. The Labute approximate surface area is 109 Å². The topological polar surface area (TPSA) is 45.8 Å². The van der Waals surface area contributed by atoms with Gasteiger partial charge in [0.2, 0.25) is 0 Å². The van der Waals surface area contributed by atoms with E-state index in [2.05, 4.69) is 6.58 Å². The molecule has 2 aromatic rings. The summed E-state index contributed by atoms with van der Waals surface area (Å²) in [4.78, 5) is 12.1. The molecule has 4 heteroatoms. The minimum absolute atomic E-state index is 0.0766. The van der Waals surface area contributed by atoms with Gasteiger partial charge in [0.25, 0.3) is 5.56 Å². The Hall–Kier alpha value is -2.67. The van der Waals surface area contributed by atoms with Crippen LogP contribution in [0.3, 0.4) is 0 Å². The van der Waals surface area contributed by atoms with E-state index in [1.807, 2.05) is 6.07 Å². The second kappa shape index (κ2) is 5.32. The van der Waals surface area contributed by atoms with E-state index in [1.54, 1.807) is 24.3 Å². The maximum Gasteiger partial charge on any atom is 0.269 e. The van der Waals surface area contributed by atoms with Gasteiger partial charge in [-0.15, -0.1) is 6.58 Å². The molecule has 0 atom stereocenters. The van der Waals surface area contributed by atoms with Crippen LogP contribution in [0.1, 0.15) is 5.56 Å². The van der Waals surface area contributed by atoms with Crippen LogP contribution in [0, 0.1) is 17.1 Å². The monoisotopic (exact) mass is 254 g/mol. The van der Waals surface area contributed by atoms with Crippen molar-refractivity contribution in [2.24, 2.45) is 0 Å². The summed E-state index contributed by atoms with van der Waals surface area (Å²) in [7, 11) is 0. The molecule has 0 saturated heterocycles. The van der Waals surface area contributed by atoms with Crippen molar-refractivity contribution in [3.8, 4) is 17.3 Å². The van der Waals surface area contributed by atoms with Crippen LogP contribution in [0.5, 0.6) is 0 Å². The van der Waals surface area contributed by atoms with E-state index >= 15 is 0 Å². The highest BCUT2D eigenvalue weighted by molar-refractivity contribution is 5.60. The number of nitrogens with zero attached hydrogens (tertiary/aromatic N) is 2. The quantitative estimate of drug-likeness (QED) is 0.790. The number of rotatable bonds is 3. The maximum absolute atomic E-state index is 12.9. The first-order chi connectivity index (χ1) is 9.17. The van der Waals surface area contributed by atoms with Gasteiger partial charge >= 0.3 is 0 Å². The molecule has 0 N–H and O–H groups in total. The molecule has 0 amide bonds. The molecule has 0 bridgehead atoms. The van der Waals surface area contributed by atoms with Crippen LogP contribution in [0.25, 0.3) is 11.3 Å². The zero-order chi connectivity index (χ0) is 13.8. The Bertz CT molecular complexity index is 708. The molecule has 1 aromatic heterocycles. The van der Waals surface area contributed by atoms with E-state index in [9.17, 15) is 9.18 Å². The Balaban J connectivity index is 2.67. The van der Waals surface area contributed by atoms with Gasteiger partial charge in [-0.2, -0.15) is 5.26 Å². The third-order valence-corrected chi connectivity index (χ3v) is 2.75. The number of pyridine rings is 1. The van der Waals surface area contributed by atoms with Gasteiger partial charge in [-0.3, -0.25) is 4.79 Å². The van der Waals surface area contributed by atoms with E-state index in [0.29, 0.717) is 17.8 Å². The summed E-state index contributed by atoms with van der Waals surface area (Å²) in [6.45, 7) is 3.89. The van der Waals surface area contributed by atoms with Crippen LogP contribution < -0.4 is 5.56 Å². The zero-order valence-corrected chi connectivity index (χ0v) is 10.1. The van der Waals surface area contributed by atoms with Crippen LogP contribution in [0.15, 0.2) is 53.8 Å². The Morgan fingerprint density at radius 1 is 1.26 bits per heavy atom. The summed E-state index contributed by atoms with van der Waals surface area (Å²) in [6, 6.07) is 10.8. The molecule has 0 spiro atoms. The van der Waals surface area contributed by atoms with E-state index < -0.39 is 0 Å². The van der Waals surface area contributed by atoms with Gasteiger partial charge in [-0.25, -0.2) is 4.39 Å². The van der Waals surface area contributed by atoms with E-state index in [0.717, 1.165) is 0 Å². The number of hydrogen-bond donors (Lipinski definition) is 0. The van der Waals surface area contributed by atoms with Crippen molar-refractivity contribution in [1.82, 2.24) is 4.57 Å². The standard InChI is InChI=1S/C15H11FN2O/c1-2-9-18-14(8-5-12(10-17)15(18)19)11-3-6-13(16)7-4-11/h2-8H,1,9H2. The Morgan fingerprint density at radius 2 is 1.95 bits per heavy atom. The summed E-state index contributed by atoms with van der Waals surface area (Å²) in [5, 5.41) is 8.87. The highest BCUT2D eigenvalue weighted by atomic mass is 19.1. The van der Waals surface area contributed by atoms with Gasteiger partial charge in [0.05, 0.1) is 5.69 Å². The largest absolute Gasteiger partial charge is 0.303 e. The molecule has 0 radical (unpaired) electrons. The van der Waals surface area contributed by atoms with Crippen molar-refractivity contribution in [2.45, 2.75) is 6.54 Å². The zero-order valence-electron chi connectivity index (χ0n) is 10.1. The predicted octanol–water partition coefficient (Wildman–Crippen LogP) is 2.71. The van der Waals surface area contributed by atoms with Gasteiger partial charge < -0.3 is 4.57 Å². The minimum atomic E-state index is -0.371. The second-order valence-corrected chi connectivity index (χ2v) is 3.96. The molecule has 0 aliphatic rings. The van der Waals surface area contributed by atoms with Crippen molar-refractivity contribution in [3.05, 3.63) is 70.8 Å². The number of benzene rings is 1. The molecular weight excluding hydrogens is 243 g/mol. The highest BCUT2D eigenvalue weighted by Gasteiger charge is 2.09. The molecule has 3 nitrogen and oxygen atoms in total. The number of aromatic nitrogens is 1. The van der Waals surface area contributed by atoms with Crippen molar-refractivity contribution in [3.63, 3.8) is 0 Å². The Kier molecular flexibility index (Phi) is 3.58. The van der Waals surface area contributed by atoms with Crippen molar-refractivity contribution >= 4 is 0 Å². The summed E-state index contributed by atoms with van der Waals surface area (Å²) in [5.74, 6) is -0.338. The van der Waals surface area contributed by atoms with Crippen LogP contribution in [-0.4, -0.2) is 4.57 Å². The van der Waals surface area contributed by atoms with E-state index in [1.165, 1.54) is 22.8 Å². The third kappa shape index (κ3) is 2.45. The first kappa shape index (κ1) is 12.8. The Morgan fingerprint density at radius 3 is 2.53 bits per heavy atom. The average Bonchev–Trinajstić information content (AvgIpc) is 2.42. The van der Waals surface area contributed by atoms with Crippen molar-refractivity contribution < 1.29 is 4.39 Å². The molecule has 2 rings (SSSR count). The lowest BCUT2D eigenvalue weighted by atomic mass is 10.1. The van der Waals surface area contributed by atoms with Crippen LogP contribution in [0.4, 0.5) is 4.39 Å². The number of halogens is 1. The van der Waals surface area contributed by atoms with Crippen LogP contribution >= 0.6 is 0 Å². The number of allylic oxidation sites excluding steroid dienone is 1. The molecule has 19 heavy (non-hydrogen) atoms. The fraction of sp³-hybridized carbons (Fsp3) is 0.0667. The van der Waals surface area contributed by atoms with Crippen molar-refractivity contribution in [2.75, 3.05) is 0 Å². The molecule has 0 saturated carbocycles. The van der Waals surface area contributed by atoms with Gasteiger partial charge in [0.1, 0.15) is 17.4 Å². The van der Waals surface area contributed by atoms with Gasteiger partial charge in [0.15, 0.2) is 0 Å². The van der Waals surface area contributed by atoms with Crippen LogP contribution in [-0.2, 0) is 6.54 Å². The normalized spacial score (nSPS) is 9.89. The molecule has 1 aromatic carbocycles. The molecular formula is C15H11FN2O. The molecule has 0 aliphatic carbocycles. The average molecular weight is 254 g/mol. The number of hydrogen-bond acceptors (Lipinski definition) is 2. The number of nitriles is 1. The SMILES string of the molecule is C=CCn1c(-c2ccc(F)cc2)ccc(C#N)c1=O.